The maximum absolute atomic E-state index is 12.8. The molecule has 3 rings (SSSR count). The number of rotatable bonds is 4. The summed E-state index contributed by atoms with van der Waals surface area (Å²) in [5, 5.41) is 5.33. The van der Waals surface area contributed by atoms with Crippen molar-refractivity contribution < 1.29 is 4.79 Å². The van der Waals surface area contributed by atoms with E-state index in [-0.39, 0.29) is 24.4 Å². The molecule has 1 saturated heterocycles. The van der Waals surface area contributed by atoms with Crippen molar-refractivity contribution in [3.8, 4) is 5.69 Å². The van der Waals surface area contributed by atoms with E-state index in [2.05, 4.69) is 12.0 Å². The molecule has 0 spiro atoms. The van der Waals surface area contributed by atoms with Crippen LogP contribution in [0.15, 0.2) is 24.3 Å². The van der Waals surface area contributed by atoms with Crippen molar-refractivity contribution in [1.82, 2.24) is 14.7 Å². The summed E-state index contributed by atoms with van der Waals surface area (Å²) in [5.41, 5.74) is 9.86. The van der Waals surface area contributed by atoms with Gasteiger partial charge in [-0.3, -0.25) is 4.79 Å². The monoisotopic (exact) mass is 410 g/mol. The van der Waals surface area contributed by atoms with Gasteiger partial charge in [0.15, 0.2) is 0 Å². The number of carbonyl (C=O) groups is 1. The van der Waals surface area contributed by atoms with Crippen molar-refractivity contribution in [3.63, 3.8) is 0 Å². The third-order valence-corrected chi connectivity index (χ3v) is 5.73. The zero-order valence-electron chi connectivity index (χ0n) is 16.1. The molecule has 1 aromatic carbocycles. The van der Waals surface area contributed by atoms with Crippen LogP contribution in [0.1, 0.15) is 36.7 Å². The van der Waals surface area contributed by atoms with Gasteiger partial charge < -0.3 is 10.6 Å². The van der Waals surface area contributed by atoms with Crippen LogP contribution in [0.2, 0.25) is 5.02 Å². The number of nitrogens with two attached hydrogens (primary N) is 1. The van der Waals surface area contributed by atoms with Crippen LogP contribution in [0.4, 0.5) is 0 Å². The molecule has 2 aromatic rings. The summed E-state index contributed by atoms with van der Waals surface area (Å²) in [5.74, 6) is 0.699. The maximum atomic E-state index is 12.8. The van der Waals surface area contributed by atoms with Crippen LogP contribution in [0.3, 0.4) is 0 Å². The summed E-state index contributed by atoms with van der Waals surface area (Å²) in [7, 11) is 0. The Balaban J connectivity index is 0.00000261. The Bertz CT molecular complexity index is 778. The normalized spacial score (nSPS) is 16.1. The van der Waals surface area contributed by atoms with Crippen LogP contribution in [0.25, 0.3) is 5.69 Å². The lowest BCUT2D eigenvalue weighted by atomic mass is 9.90. The van der Waals surface area contributed by atoms with Crippen LogP contribution in [0.5, 0.6) is 0 Å². The van der Waals surface area contributed by atoms with E-state index in [9.17, 15) is 4.79 Å². The molecule has 5 nitrogen and oxygen atoms in total. The highest BCUT2D eigenvalue weighted by atomic mass is 35.5. The summed E-state index contributed by atoms with van der Waals surface area (Å²) >= 11 is 5.97. The number of aryl methyl sites for hydroxylation is 1. The summed E-state index contributed by atoms with van der Waals surface area (Å²) < 4.78 is 1.89. The van der Waals surface area contributed by atoms with E-state index in [0.29, 0.717) is 17.4 Å². The SMILES string of the molecule is Cc1nn(-c2ccc(Cl)cc2)c(C)c1CC(=O)N1CCC(C(C)N)CC1.Cl. The third kappa shape index (κ3) is 4.84. The van der Waals surface area contributed by atoms with Crippen LogP contribution < -0.4 is 5.73 Å². The first-order valence-electron chi connectivity index (χ1n) is 9.21. The van der Waals surface area contributed by atoms with Crippen LogP contribution in [-0.4, -0.2) is 39.7 Å². The van der Waals surface area contributed by atoms with E-state index in [4.69, 9.17) is 17.3 Å². The number of halogens is 2. The topological polar surface area (TPSA) is 64.2 Å². The number of piperidine rings is 1. The van der Waals surface area contributed by atoms with E-state index in [0.717, 1.165) is 48.6 Å². The molecular formula is C20H28Cl2N4O. The van der Waals surface area contributed by atoms with Gasteiger partial charge in [0.25, 0.3) is 0 Å². The summed E-state index contributed by atoms with van der Waals surface area (Å²) in [6, 6.07) is 7.77. The highest BCUT2D eigenvalue weighted by molar-refractivity contribution is 6.30. The Morgan fingerprint density at radius 3 is 2.41 bits per heavy atom. The molecule has 1 aromatic heterocycles. The van der Waals surface area contributed by atoms with Gasteiger partial charge in [-0.05, 0) is 63.8 Å². The third-order valence-electron chi connectivity index (χ3n) is 5.48. The molecule has 0 saturated carbocycles. The highest BCUT2D eigenvalue weighted by Crippen LogP contribution is 2.23. The first-order valence-corrected chi connectivity index (χ1v) is 9.59. The molecule has 1 amide bonds. The minimum atomic E-state index is 0. The molecule has 27 heavy (non-hydrogen) atoms. The van der Waals surface area contributed by atoms with Gasteiger partial charge in [0.2, 0.25) is 5.91 Å². The lowest BCUT2D eigenvalue weighted by molar-refractivity contribution is -0.131. The average Bonchev–Trinajstić information content (AvgIpc) is 2.90. The van der Waals surface area contributed by atoms with Crippen molar-refractivity contribution in [3.05, 3.63) is 46.2 Å². The van der Waals surface area contributed by atoms with Crippen molar-refractivity contribution >= 4 is 29.9 Å². The van der Waals surface area contributed by atoms with Gasteiger partial charge in [0, 0.05) is 35.4 Å². The maximum Gasteiger partial charge on any atom is 0.227 e. The molecule has 7 heteroatoms. The van der Waals surface area contributed by atoms with Gasteiger partial charge in [0.05, 0.1) is 17.8 Å². The Labute approximate surface area is 172 Å². The van der Waals surface area contributed by atoms with Crippen LogP contribution in [-0.2, 0) is 11.2 Å². The minimum absolute atomic E-state index is 0. The summed E-state index contributed by atoms with van der Waals surface area (Å²) in [6.07, 6.45) is 2.38. The number of hydrogen-bond acceptors (Lipinski definition) is 3. The Hall–Kier alpha value is -1.56. The summed E-state index contributed by atoms with van der Waals surface area (Å²) in [4.78, 5) is 14.7. The second-order valence-corrected chi connectivity index (χ2v) is 7.73. The largest absolute Gasteiger partial charge is 0.342 e. The minimum Gasteiger partial charge on any atom is -0.342 e. The predicted octanol–water partition coefficient (Wildman–Crippen LogP) is 3.69. The van der Waals surface area contributed by atoms with Gasteiger partial charge in [-0.2, -0.15) is 5.10 Å². The fourth-order valence-corrected chi connectivity index (χ4v) is 3.83. The number of benzene rings is 1. The molecule has 0 aliphatic carbocycles. The lowest BCUT2D eigenvalue weighted by Gasteiger charge is -2.33. The number of nitrogens with zero attached hydrogens (tertiary/aromatic N) is 3. The molecule has 1 aliphatic rings. The number of amides is 1. The molecule has 1 fully saturated rings. The van der Waals surface area contributed by atoms with Gasteiger partial charge in [-0.25, -0.2) is 4.68 Å². The molecule has 0 bridgehead atoms. The Morgan fingerprint density at radius 1 is 1.26 bits per heavy atom. The van der Waals surface area contributed by atoms with E-state index in [1.165, 1.54) is 0 Å². The summed E-state index contributed by atoms with van der Waals surface area (Å²) in [6.45, 7) is 7.63. The second kappa shape index (κ2) is 9.09. The van der Waals surface area contributed by atoms with Gasteiger partial charge in [-0.15, -0.1) is 12.4 Å². The smallest absolute Gasteiger partial charge is 0.227 e. The van der Waals surface area contributed by atoms with Crippen molar-refractivity contribution in [2.45, 2.75) is 46.1 Å². The second-order valence-electron chi connectivity index (χ2n) is 7.29. The molecule has 0 radical (unpaired) electrons. The van der Waals surface area contributed by atoms with Crippen LogP contribution in [0, 0.1) is 19.8 Å². The standard InChI is InChI=1S/C20H27ClN4O.ClH/c1-13(22)16-8-10-24(11-9-16)20(26)12-19-14(2)23-25(15(19)3)18-6-4-17(21)5-7-18;/h4-7,13,16H,8-12,22H2,1-3H3;1H. The lowest BCUT2D eigenvalue weighted by Crippen LogP contribution is -2.43. The van der Waals surface area contributed by atoms with E-state index in [1.807, 2.05) is 47.7 Å². The molecule has 1 aliphatic heterocycles. The number of likely N-dealkylation sites (tertiary alicyclic amines) is 1. The van der Waals surface area contributed by atoms with Crippen molar-refractivity contribution in [2.75, 3.05) is 13.1 Å². The first-order chi connectivity index (χ1) is 12.4. The first kappa shape index (κ1) is 21.7. The van der Waals surface area contributed by atoms with Crippen molar-refractivity contribution in [2.24, 2.45) is 11.7 Å². The molecule has 1 atom stereocenters. The van der Waals surface area contributed by atoms with Crippen molar-refractivity contribution in [1.29, 1.82) is 0 Å². The van der Waals surface area contributed by atoms with Gasteiger partial charge >= 0.3 is 0 Å². The molecule has 148 valence electrons. The van der Waals surface area contributed by atoms with Crippen LogP contribution >= 0.6 is 24.0 Å². The zero-order chi connectivity index (χ0) is 18.8. The van der Waals surface area contributed by atoms with E-state index in [1.54, 1.807) is 0 Å². The molecular weight excluding hydrogens is 383 g/mol. The van der Waals surface area contributed by atoms with E-state index >= 15 is 0 Å². The fraction of sp³-hybridized carbons (Fsp3) is 0.500. The quantitative estimate of drug-likeness (QED) is 0.835. The molecule has 2 N–H and O–H groups in total. The fourth-order valence-electron chi connectivity index (χ4n) is 3.70. The average molecular weight is 411 g/mol. The predicted molar refractivity (Wildman–Crippen MR) is 112 cm³/mol. The van der Waals surface area contributed by atoms with E-state index < -0.39 is 0 Å². The number of aromatic nitrogens is 2. The van der Waals surface area contributed by atoms with Gasteiger partial charge in [-0.1, -0.05) is 11.6 Å². The number of carbonyl (C=O) groups excluding carboxylic acids is 1. The Kier molecular flexibility index (Phi) is 7.32. The van der Waals surface area contributed by atoms with Gasteiger partial charge in [0.1, 0.15) is 0 Å². The molecule has 2 heterocycles. The number of hydrogen-bond donors (Lipinski definition) is 1. The Morgan fingerprint density at radius 2 is 1.85 bits per heavy atom. The zero-order valence-corrected chi connectivity index (χ0v) is 17.7. The highest BCUT2D eigenvalue weighted by Gasteiger charge is 2.26. The molecule has 1 unspecified atom stereocenters.